The molecule has 1 amide bonds. The Morgan fingerprint density at radius 2 is 1.88 bits per heavy atom. The number of benzene rings is 2. The number of hydrogen-bond donors (Lipinski definition) is 0. The molecule has 0 radical (unpaired) electrons. The van der Waals surface area contributed by atoms with E-state index in [2.05, 4.69) is 4.99 Å². The van der Waals surface area contributed by atoms with Crippen LogP contribution in [0.25, 0.3) is 10.2 Å². The van der Waals surface area contributed by atoms with E-state index >= 15 is 0 Å². The summed E-state index contributed by atoms with van der Waals surface area (Å²) < 4.78 is 31.0. The van der Waals surface area contributed by atoms with Gasteiger partial charge in [-0.2, -0.15) is 4.99 Å². The number of sulfone groups is 1. The second-order valence-electron chi connectivity index (χ2n) is 5.88. The number of nitrogens with zero attached hydrogens (tertiary/aromatic N) is 2. The normalized spacial score (nSPS) is 12.5. The van der Waals surface area contributed by atoms with E-state index in [9.17, 15) is 13.2 Å². The van der Waals surface area contributed by atoms with Crippen LogP contribution in [0.3, 0.4) is 0 Å². The monoisotopic (exact) mass is 390 g/mol. The fourth-order valence-corrected chi connectivity index (χ4v) is 4.22. The highest BCUT2D eigenvalue weighted by Crippen LogP contribution is 2.22. The summed E-state index contributed by atoms with van der Waals surface area (Å²) in [5, 5.41) is 0. The lowest BCUT2D eigenvalue weighted by atomic mass is 10.1. The van der Waals surface area contributed by atoms with Crippen LogP contribution in [0, 0.1) is 0 Å². The molecular weight excluding hydrogens is 372 g/mol. The van der Waals surface area contributed by atoms with Crippen LogP contribution in [0.4, 0.5) is 0 Å². The summed E-state index contributed by atoms with van der Waals surface area (Å²) >= 11 is 1.41. The average molecular weight is 390 g/mol. The quantitative estimate of drug-likeness (QED) is 0.685. The topological polar surface area (TPSA) is 77.7 Å². The Kier molecular flexibility index (Phi) is 4.97. The fraction of sp³-hybridized carbons (Fsp3) is 0.222. The zero-order valence-electron chi connectivity index (χ0n) is 14.6. The number of amides is 1. The first kappa shape index (κ1) is 18.3. The Morgan fingerprint density at radius 3 is 2.50 bits per heavy atom. The van der Waals surface area contributed by atoms with Crippen LogP contribution in [-0.4, -0.2) is 32.3 Å². The van der Waals surface area contributed by atoms with E-state index in [4.69, 9.17) is 4.74 Å². The first-order chi connectivity index (χ1) is 12.3. The number of fused-ring (bicyclic) bond motifs is 1. The highest BCUT2D eigenvalue weighted by molar-refractivity contribution is 7.90. The molecule has 26 heavy (non-hydrogen) atoms. The minimum absolute atomic E-state index is 0.113. The van der Waals surface area contributed by atoms with E-state index in [-0.39, 0.29) is 17.2 Å². The molecule has 2 aromatic carbocycles. The molecule has 3 rings (SSSR count). The van der Waals surface area contributed by atoms with Gasteiger partial charge in [0.2, 0.25) is 0 Å². The van der Waals surface area contributed by atoms with Crippen LogP contribution in [-0.2, 0) is 28.1 Å². The van der Waals surface area contributed by atoms with Gasteiger partial charge < -0.3 is 9.30 Å². The minimum atomic E-state index is -3.24. The van der Waals surface area contributed by atoms with Crippen molar-refractivity contribution in [2.45, 2.75) is 11.3 Å². The van der Waals surface area contributed by atoms with Gasteiger partial charge in [0.15, 0.2) is 14.6 Å². The molecule has 0 aliphatic carbocycles. The second-order valence-corrected chi connectivity index (χ2v) is 8.90. The number of methoxy groups -OCH3 is 1. The largest absolute Gasteiger partial charge is 0.497 e. The highest BCUT2D eigenvalue weighted by Gasteiger charge is 2.09. The van der Waals surface area contributed by atoms with E-state index in [1.807, 2.05) is 29.8 Å². The molecule has 6 nitrogen and oxygen atoms in total. The summed E-state index contributed by atoms with van der Waals surface area (Å²) in [4.78, 5) is 17.3. The van der Waals surface area contributed by atoms with Gasteiger partial charge in [-0.3, -0.25) is 4.79 Å². The molecule has 1 heterocycles. The third-order valence-corrected chi connectivity index (χ3v) is 6.17. The van der Waals surface area contributed by atoms with Crippen molar-refractivity contribution >= 4 is 37.3 Å². The number of aromatic nitrogens is 1. The number of hydrogen-bond acceptors (Lipinski definition) is 5. The number of rotatable bonds is 4. The van der Waals surface area contributed by atoms with Crippen LogP contribution in [0.2, 0.25) is 0 Å². The van der Waals surface area contributed by atoms with Crippen molar-refractivity contribution in [2.75, 3.05) is 13.4 Å². The molecule has 0 atom stereocenters. The lowest BCUT2D eigenvalue weighted by molar-refractivity contribution is -0.117. The van der Waals surface area contributed by atoms with E-state index in [1.165, 1.54) is 23.5 Å². The Balaban J connectivity index is 1.87. The zero-order valence-corrected chi connectivity index (χ0v) is 16.2. The number of aryl methyl sites for hydroxylation is 1. The molecular formula is C18H18N2O4S2. The maximum atomic E-state index is 12.3. The van der Waals surface area contributed by atoms with E-state index in [1.54, 1.807) is 19.2 Å². The van der Waals surface area contributed by atoms with Gasteiger partial charge in [0.05, 0.1) is 28.6 Å². The lowest BCUT2D eigenvalue weighted by Crippen LogP contribution is -2.14. The first-order valence-electron chi connectivity index (χ1n) is 7.78. The summed E-state index contributed by atoms with van der Waals surface area (Å²) in [6, 6.07) is 12.0. The smallest absolute Gasteiger partial charge is 0.252 e. The summed E-state index contributed by atoms with van der Waals surface area (Å²) in [6.45, 7) is 0. The Morgan fingerprint density at radius 1 is 1.19 bits per heavy atom. The van der Waals surface area contributed by atoms with Crippen molar-refractivity contribution in [1.29, 1.82) is 0 Å². The Labute approximate surface area is 155 Å². The maximum Gasteiger partial charge on any atom is 0.252 e. The molecule has 0 spiro atoms. The van der Waals surface area contributed by atoms with Crippen LogP contribution < -0.4 is 9.54 Å². The fourth-order valence-electron chi connectivity index (χ4n) is 2.52. The first-order valence-corrected chi connectivity index (χ1v) is 10.5. The standard InChI is InChI=1S/C18H18N2O4S2/c1-20-15-9-6-13(24-2)11-16(15)25-18(20)19-17(21)10-12-4-7-14(8-5-12)26(3,22)23/h4-9,11H,10H2,1-3H3. The van der Waals surface area contributed by atoms with Gasteiger partial charge in [0.25, 0.3) is 5.91 Å². The third kappa shape index (κ3) is 3.86. The second kappa shape index (κ2) is 7.05. The van der Waals surface area contributed by atoms with Gasteiger partial charge in [0.1, 0.15) is 5.75 Å². The Hall–Kier alpha value is -2.45. The van der Waals surface area contributed by atoms with Gasteiger partial charge in [-0.25, -0.2) is 8.42 Å². The van der Waals surface area contributed by atoms with E-state index in [0.29, 0.717) is 4.80 Å². The molecule has 0 fully saturated rings. The maximum absolute atomic E-state index is 12.3. The van der Waals surface area contributed by atoms with Crippen molar-refractivity contribution in [3.63, 3.8) is 0 Å². The van der Waals surface area contributed by atoms with Gasteiger partial charge in [-0.15, -0.1) is 0 Å². The highest BCUT2D eigenvalue weighted by atomic mass is 32.2. The summed E-state index contributed by atoms with van der Waals surface area (Å²) in [7, 11) is 0.226. The van der Waals surface area contributed by atoms with Crippen molar-refractivity contribution in [1.82, 2.24) is 4.57 Å². The molecule has 0 saturated carbocycles. The molecule has 8 heteroatoms. The molecule has 3 aromatic rings. The predicted octanol–water partition coefficient (Wildman–Crippen LogP) is 2.32. The van der Waals surface area contributed by atoms with Gasteiger partial charge >= 0.3 is 0 Å². The minimum Gasteiger partial charge on any atom is -0.497 e. The van der Waals surface area contributed by atoms with Gasteiger partial charge in [0, 0.05) is 13.3 Å². The van der Waals surface area contributed by atoms with Crippen molar-refractivity contribution in [3.8, 4) is 5.75 Å². The van der Waals surface area contributed by atoms with Crippen molar-refractivity contribution in [2.24, 2.45) is 12.0 Å². The van der Waals surface area contributed by atoms with Crippen LogP contribution >= 0.6 is 11.3 Å². The number of carbonyl (C=O) groups excluding carboxylic acids is 1. The third-order valence-electron chi connectivity index (χ3n) is 3.94. The summed E-state index contributed by atoms with van der Waals surface area (Å²) in [5.74, 6) is 0.467. The van der Waals surface area contributed by atoms with Crippen LogP contribution in [0.1, 0.15) is 5.56 Å². The Bertz CT molecular complexity index is 1140. The number of thiazole rings is 1. The van der Waals surface area contributed by atoms with Crippen LogP contribution in [0.15, 0.2) is 52.4 Å². The summed E-state index contributed by atoms with van der Waals surface area (Å²) in [5.41, 5.74) is 1.69. The van der Waals surface area contributed by atoms with E-state index in [0.717, 1.165) is 27.8 Å². The van der Waals surface area contributed by atoms with Gasteiger partial charge in [-0.05, 0) is 35.9 Å². The van der Waals surface area contributed by atoms with Gasteiger partial charge in [-0.1, -0.05) is 23.5 Å². The molecule has 0 unspecified atom stereocenters. The SMILES string of the molecule is COc1ccc2c(c1)sc(=NC(=O)Cc1ccc(S(C)(=O)=O)cc1)n2C. The average Bonchev–Trinajstić information content (AvgIpc) is 2.89. The number of ether oxygens (including phenoxy) is 1. The predicted molar refractivity (Wildman–Crippen MR) is 101 cm³/mol. The lowest BCUT2D eigenvalue weighted by Gasteiger charge is -2.01. The molecule has 0 bridgehead atoms. The molecule has 0 N–H and O–H groups in total. The molecule has 0 saturated heterocycles. The zero-order chi connectivity index (χ0) is 18.9. The molecule has 0 aliphatic heterocycles. The van der Waals surface area contributed by atoms with Crippen LogP contribution in [0.5, 0.6) is 5.75 Å². The van der Waals surface area contributed by atoms with Crippen molar-refractivity contribution in [3.05, 3.63) is 52.8 Å². The summed E-state index contributed by atoms with van der Waals surface area (Å²) in [6.07, 6.45) is 1.26. The van der Waals surface area contributed by atoms with E-state index < -0.39 is 9.84 Å². The number of carbonyl (C=O) groups is 1. The van der Waals surface area contributed by atoms with Crippen molar-refractivity contribution < 1.29 is 17.9 Å². The molecule has 1 aromatic heterocycles. The molecule has 0 aliphatic rings. The molecule has 136 valence electrons.